The Kier molecular flexibility index (Phi) is 4.20. The van der Waals surface area contributed by atoms with Crippen molar-refractivity contribution in [3.63, 3.8) is 0 Å². The summed E-state index contributed by atoms with van der Waals surface area (Å²) in [6.45, 7) is 0.412. The van der Waals surface area contributed by atoms with E-state index in [4.69, 9.17) is 9.47 Å². The van der Waals surface area contributed by atoms with Gasteiger partial charge in [0.1, 0.15) is 12.4 Å². The highest BCUT2D eigenvalue weighted by atomic mass is 79.9. The Balaban J connectivity index is 2.16. The zero-order valence-corrected chi connectivity index (χ0v) is 11.4. The molecule has 2 nitrogen and oxygen atoms in total. The zero-order chi connectivity index (χ0) is 13.0. The van der Waals surface area contributed by atoms with E-state index in [1.165, 1.54) is 13.2 Å². The van der Waals surface area contributed by atoms with Crippen LogP contribution in [0.5, 0.6) is 11.5 Å². The number of ether oxygens (including phenoxy) is 2. The summed E-state index contributed by atoms with van der Waals surface area (Å²) in [5, 5.41) is 0. The Hall–Kier alpha value is -1.55. The molecule has 0 aromatic heterocycles. The van der Waals surface area contributed by atoms with Crippen molar-refractivity contribution < 1.29 is 13.9 Å². The molecule has 0 spiro atoms. The second-order valence-electron chi connectivity index (χ2n) is 3.69. The maximum Gasteiger partial charge on any atom is 0.163 e. The molecule has 0 saturated heterocycles. The van der Waals surface area contributed by atoms with Crippen LogP contribution < -0.4 is 9.47 Å². The van der Waals surface area contributed by atoms with Gasteiger partial charge in [0.05, 0.1) is 11.6 Å². The summed E-state index contributed by atoms with van der Waals surface area (Å²) in [7, 11) is 1.48. The van der Waals surface area contributed by atoms with Gasteiger partial charge in [-0.3, -0.25) is 0 Å². The van der Waals surface area contributed by atoms with Crippen LogP contribution in [0.1, 0.15) is 5.56 Å². The van der Waals surface area contributed by atoms with Crippen molar-refractivity contribution in [1.29, 1.82) is 0 Å². The van der Waals surface area contributed by atoms with E-state index >= 15 is 0 Å². The van der Waals surface area contributed by atoms with Crippen molar-refractivity contribution in [1.82, 2.24) is 0 Å². The Morgan fingerprint density at radius 3 is 2.50 bits per heavy atom. The molecule has 0 bridgehead atoms. The van der Waals surface area contributed by atoms with Crippen molar-refractivity contribution in [3.05, 3.63) is 58.3 Å². The Bertz CT molecular complexity index is 529. The third-order valence-corrected chi connectivity index (χ3v) is 3.05. The average Bonchev–Trinajstić information content (AvgIpc) is 2.41. The highest BCUT2D eigenvalue weighted by Crippen LogP contribution is 2.33. The molecule has 0 saturated carbocycles. The van der Waals surface area contributed by atoms with Crippen molar-refractivity contribution in [3.8, 4) is 11.5 Å². The molecule has 0 N–H and O–H groups in total. The molecule has 0 aliphatic carbocycles. The Morgan fingerprint density at radius 2 is 1.83 bits per heavy atom. The molecule has 0 amide bonds. The van der Waals surface area contributed by atoms with E-state index < -0.39 is 0 Å². The lowest BCUT2D eigenvalue weighted by molar-refractivity contribution is 0.283. The van der Waals surface area contributed by atoms with Gasteiger partial charge in [-0.1, -0.05) is 30.3 Å². The van der Waals surface area contributed by atoms with Crippen molar-refractivity contribution in [2.75, 3.05) is 7.11 Å². The van der Waals surface area contributed by atoms with E-state index in [1.807, 2.05) is 30.3 Å². The van der Waals surface area contributed by atoms with Crippen LogP contribution in [0.2, 0.25) is 0 Å². The fraction of sp³-hybridized carbons (Fsp3) is 0.143. The highest BCUT2D eigenvalue weighted by Gasteiger charge is 2.10. The first-order chi connectivity index (χ1) is 8.70. The second-order valence-corrected chi connectivity index (χ2v) is 4.55. The predicted molar refractivity (Wildman–Crippen MR) is 71.4 cm³/mol. The van der Waals surface area contributed by atoms with Crippen LogP contribution in [0.15, 0.2) is 46.9 Å². The van der Waals surface area contributed by atoms with Crippen LogP contribution in [-0.2, 0) is 6.61 Å². The van der Waals surface area contributed by atoms with Crippen LogP contribution in [0.25, 0.3) is 0 Å². The molecule has 0 atom stereocenters. The lowest BCUT2D eigenvalue weighted by Gasteiger charge is -2.11. The molecule has 94 valence electrons. The fourth-order valence-electron chi connectivity index (χ4n) is 1.52. The second kappa shape index (κ2) is 5.87. The molecule has 0 aliphatic heterocycles. The minimum Gasteiger partial charge on any atom is -0.493 e. The molecule has 18 heavy (non-hydrogen) atoms. The van der Waals surface area contributed by atoms with Gasteiger partial charge in [0.15, 0.2) is 11.5 Å². The van der Waals surface area contributed by atoms with Crippen LogP contribution in [-0.4, -0.2) is 7.11 Å². The predicted octanol–water partition coefficient (Wildman–Crippen LogP) is 4.18. The largest absolute Gasteiger partial charge is 0.493 e. The maximum atomic E-state index is 13.3. The molecule has 0 aliphatic rings. The SMILES string of the molecule is COc1cc(F)c(Br)cc1OCc1ccccc1. The van der Waals surface area contributed by atoms with Gasteiger partial charge >= 0.3 is 0 Å². The molecule has 0 radical (unpaired) electrons. The first kappa shape index (κ1) is 12.9. The van der Waals surface area contributed by atoms with E-state index in [-0.39, 0.29) is 5.82 Å². The van der Waals surface area contributed by atoms with Gasteiger partial charge in [0.25, 0.3) is 0 Å². The van der Waals surface area contributed by atoms with Gasteiger partial charge in [-0.2, -0.15) is 0 Å². The molecule has 0 unspecified atom stereocenters. The van der Waals surface area contributed by atoms with E-state index in [9.17, 15) is 4.39 Å². The van der Waals surface area contributed by atoms with Crippen LogP contribution in [0.4, 0.5) is 4.39 Å². The number of benzene rings is 2. The van der Waals surface area contributed by atoms with E-state index in [0.29, 0.717) is 22.6 Å². The summed E-state index contributed by atoms with van der Waals surface area (Å²) in [6.07, 6.45) is 0. The van der Waals surface area contributed by atoms with Crippen LogP contribution >= 0.6 is 15.9 Å². The van der Waals surface area contributed by atoms with Gasteiger partial charge in [0.2, 0.25) is 0 Å². The molecule has 4 heteroatoms. The molecule has 2 rings (SSSR count). The Labute approximate surface area is 113 Å². The number of hydrogen-bond acceptors (Lipinski definition) is 2. The monoisotopic (exact) mass is 310 g/mol. The first-order valence-electron chi connectivity index (χ1n) is 5.40. The summed E-state index contributed by atoms with van der Waals surface area (Å²) in [5.41, 5.74) is 1.04. The standard InChI is InChI=1S/C14H12BrFO2/c1-17-13-8-12(16)11(15)7-14(13)18-9-10-5-3-2-4-6-10/h2-8H,9H2,1H3. The number of methoxy groups -OCH3 is 1. The minimum atomic E-state index is -0.376. The first-order valence-corrected chi connectivity index (χ1v) is 6.20. The van der Waals surface area contributed by atoms with E-state index in [2.05, 4.69) is 15.9 Å². The average molecular weight is 311 g/mol. The van der Waals surface area contributed by atoms with E-state index in [0.717, 1.165) is 5.56 Å². The van der Waals surface area contributed by atoms with E-state index in [1.54, 1.807) is 6.07 Å². The van der Waals surface area contributed by atoms with Gasteiger partial charge in [-0.15, -0.1) is 0 Å². The normalized spacial score (nSPS) is 10.2. The lowest BCUT2D eigenvalue weighted by Crippen LogP contribution is -1.98. The van der Waals surface area contributed by atoms with Gasteiger partial charge in [0, 0.05) is 12.1 Å². The summed E-state index contributed by atoms with van der Waals surface area (Å²) >= 11 is 3.13. The zero-order valence-electron chi connectivity index (χ0n) is 9.82. The smallest absolute Gasteiger partial charge is 0.163 e. The van der Waals surface area contributed by atoms with Gasteiger partial charge in [-0.25, -0.2) is 4.39 Å². The molecule has 2 aromatic rings. The molecular formula is C14H12BrFO2. The minimum absolute atomic E-state index is 0.353. The molecule has 0 heterocycles. The summed E-state index contributed by atoms with van der Waals surface area (Å²) in [5.74, 6) is 0.514. The van der Waals surface area contributed by atoms with Crippen molar-refractivity contribution in [2.24, 2.45) is 0 Å². The molecule has 2 aromatic carbocycles. The fourth-order valence-corrected chi connectivity index (χ4v) is 1.84. The molecule has 0 fully saturated rings. The third kappa shape index (κ3) is 3.01. The van der Waals surface area contributed by atoms with Crippen LogP contribution in [0, 0.1) is 5.82 Å². The summed E-state index contributed by atoms with van der Waals surface area (Å²) in [4.78, 5) is 0. The van der Waals surface area contributed by atoms with Gasteiger partial charge < -0.3 is 9.47 Å². The highest BCUT2D eigenvalue weighted by molar-refractivity contribution is 9.10. The van der Waals surface area contributed by atoms with Crippen molar-refractivity contribution >= 4 is 15.9 Å². The molecular weight excluding hydrogens is 299 g/mol. The van der Waals surface area contributed by atoms with Crippen molar-refractivity contribution in [2.45, 2.75) is 6.61 Å². The van der Waals surface area contributed by atoms with Gasteiger partial charge in [-0.05, 0) is 21.5 Å². The summed E-state index contributed by atoms with van der Waals surface area (Å²) in [6, 6.07) is 12.6. The van der Waals surface area contributed by atoms with Crippen LogP contribution in [0.3, 0.4) is 0 Å². The lowest BCUT2D eigenvalue weighted by atomic mass is 10.2. The topological polar surface area (TPSA) is 18.5 Å². The number of halogens is 2. The maximum absolute atomic E-state index is 13.3. The summed E-state index contributed by atoms with van der Waals surface area (Å²) < 4.78 is 24.4. The third-order valence-electron chi connectivity index (χ3n) is 2.44. The Morgan fingerprint density at radius 1 is 1.11 bits per heavy atom. The quantitative estimate of drug-likeness (QED) is 0.843. The number of hydrogen-bond donors (Lipinski definition) is 0. The number of rotatable bonds is 4.